The molecule has 0 fully saturated rings. The summed E-state index contributed by atoms with van der Waals surface area (Å²) in [5.74, 6) is 0. The first-order chi connectivity index (χ1) is 6.65. The van der Waals surface area contributed by atoms with Gasteiger partial charge in [-0.15, -0.1) is 0 Å². The molecular weight excluding hydrogens is 170 g/mol. The van der Waals surface area contributed by atoms with Crippen LogP contribution in [0.5, 0.6) is 0 Å². The molecule has 0 aliphatic rings. The van der Waals surface area contributed by atoms with Gasteiger partial charge >= 0.3 is 0 Å². The molecule has 0 aliphatic carbocycles. The van der Waals surface area contributed by atoms with Crippen LogP contribution < -0.4 is 0 Å². The van der Waals surface area contributed by atoms with E-state index >= 15 is 0 Å². The number of nitrogens with zero attached hydrogens (tertiary/aromatic N) is 1. The molecule has 0 heterocycles. The second kappa shape index (κ2) is 5.16. The van der Waals surface area contributed by atoms with Gasteiger partial charge in [-0.2, -0.15) is 0 Å². The smallest absolute Gasteiger partial charge is 0.0236 e. The highest BCUT2D eigenvalue weighted by atomic mass is 15.1. The van der Waals surface area contributed by atoms with Crippen molar-refractivity contribution in [3.8, 4) is 0 Å². The number of rotatable bonds is 4. The Balaban J connectivity index is 2.75. The quantitative estimate of drug-likeness (QED) is 0.707. The summed E-state index contributed by atoms with van der Waals surface area (Å²) in [6.07, 6.45) is 1.13. The number of benzene rings is 1. The highest BCUT2D eigenvalue weighted by Gasteiger charge is 2.06. The van der Waals surface area contributed by atoms with E-state index in [1.807, 2.05) is 0 Å². The van der Waals surface area contributed by atoms with Gasteiger partial charge < -0.3 is 0 Å². The molecule has 1 nitrogen and oxygen atoms in total. The number of aryl methyl sites for hydroxylation is 1. The average Bonchev–Trinajstić information content (AvgIpc) is 2.18. The van der Waals surface area contributed by atoms with Gasteiger partial charge in [-0.05, 0) is 38.4 Å². The zero-order chi connectivity index (χ0) is 10.6. The normalized spacial score (nSPS) is 11.3. The molecule has 0 radical (unpaired) electrons. The Hall–Kier alpha value is -0.820. The van der Waals surface area contributed by atoms with Crippen LogP contribution in [-0.4, -0.2) is 18.0 Å². The molecule has 1 aromatic carbocycles. The van der Waals surface area contributed by atoms with Gasteiger partial charge in [-0.3, -0.25) is 4.90 Å². The van der Waals surface area contributed by atoms with Gasteiger partial charge in [0.2, 0.25) is 0 Å². The van der Waals surface area contributed by atoms with Crippen molar-refractivity contribution in [3.63, 3.8) is 0 Å². The lowest BCUT2D eigenvalue weighted by Gasteiger charge is -2.22. The van der Waals surface area contributed by atoms with Crippen molar-refractivity contribution in [1.82, 2.24) is 4.90 Å². The Labute approximate surface area is 87.7 Å². The van der Waals surface area contributed by atoms with E-state index in [-0.39, 0.29) is 0 Å². The van der Waals surface area contributed by atoms with Crippen LogP contribution in [0.1, 0.15) is 31.9 Å². The lowest BCUT2D eigenvalue weighted by molar-refractivity contribution is 0.265. The van der Waals surface area contributed by atoms with E-state index < -0.39 is 0 Å². The zero-order valence-corrected chi connectivity index (χ0v) is 9.75. The minimum absolute atomic E-state index is 0.611. The van der Waals surface area contributed by atoms with Gasteiger partial charge in [0.05, 0.1) is 0 Å². The van der Waals surface area contributed by atoms with E-state index in [0.29, 0.717) is 6.04 Å². The molecule has 0 aliphatic heterocycles. The Morgan fingerprint density at radius 3 is 2.21 bits per heavy atom. The highest BCUT2D eigenvalue weighted by molar-refractivity contribution is 5.26. The Morgan fingerprint density at radius 1 is 1.14 bits per heavy atom. The lowest BCUT2D eigenvalue weighted by atomic mass is 10.0. The van der Waals surface area contributed by atoms with Crippen LogP contribution in [0.3, 0.4) is 0 Å². The first-order valence-electron chi connectivity index (χ1n) is 5.42. The van der Waals surface area contributed by atoms with Gasteiger partial charge in [0, 0.05) is 12.6 Å². The molecule has 14 heavy (non-hydrogen) atoms. The predicted octanol–water partition coefficient (Wildman–Crippen LogP) is 3.09. The highest BCUT2D eigenvalue weighted by Crippen LogP contribution is 2.12. The molecular formula is C13H21N. The fraction of sp³-hybridized carbons (Fsp3) is 0.538. The summed E-state index contributed by atoms with van der Waals surface area (Å²) >= 11 is 0. The maximum Gasteiger partial charge on any atom is 0.0236 e. The van der Waals surface area contributed by atoms with Crippen LogP contribution in [0.25, 0.3) is 0 Å². The topological polar surface area (TPSA) is 3.24 Å². The first kappa shape index (κ1) is 11.3. The monoisotopic (exact) mass is 191 g/mol. The lowest BCUT2D eigenvalue weighted by Crippen LogP contribution is -2.26. The summed E-state index contributed by atoms with van der Waals surface area (Å²) in [5, 5.41) is 0. The van der Waals surface area contributed by atoms with Crippen LogP contribution in [0.15, 0.2) is 24.3 Å². The Kier molecular flexibility index (Phi) is 4.15. The average molecular weight is 191 g/mol. The van der Waals surface area contributed by atoms with Crippen molar-refractivity contribution in [2.24, 2.45) is 0 Å². The Bertz CT molecular complexity index is 278. The van der Waals surface area contributed by atoms with Gasteiger partial charge in [-0.25, -0.2) is 0 Å². The molecule has 0 unspecified atom stereocenters. The molecule has 0 bridgehead atoms. The van der Waals surface area contributed by atoms with E-state index in [1.165, 1.54) is 11.1 Å². The molecule has 0 saturated heterocycles. The minimum atomic E-state index is 0.611. The van der Waals surface area contributed by atoms with Crippen LogP contribution in [0.4, 0.5) is 0 Å². The third-order valence-electron chi connectivity index (χ3n) is 2.80. The molecule has 0 amide bonds. The SMILES string of the molecule is CCc1ccccc1CN(C)C(C)C. The fourth-order valence-electron chi connectivity index (χ4n) is 1.51. The first-order valence-corrected chi connectivity index (χ1v) is 5.42. The van der Waals surface area contributed by atoms with Crippen LogP contribution in [-0.2, 0) is 13.0 Å². The van der Waals surface area contributed by atoms with Crippen molar-refractivity contribution in [2.75, 3.05) is 7.05 Å². The largest absolute Gasteiger partial charge is 0.300 e. The van der Waals surface area contributed by atoms with Gasteiger partial charge in [-0.1, -0.05) is 31.2 Å². The van der Waals surface area contributed by atoms with Gasteiger partial charge in [0.1, 0.15) is 0 Å². The third-order valence-corrected chi connectivity index (χ3v) is 2.80. The molecule has 0 saturated carbocycles. The summed E-state index contributed by atoms with van der Waals surface area (Å²) in [5.41, 5.74) is 2.94. The van der Waals surface area contributed by atoms with Crippen molar-refractivity contribution >= 4 is 0 Å². The van der Waals surface area contributed by atoms with E-state index in [2.05, 4.69) is 57.0 Å². The summed E-state index contributed by atoms with van der Waals surface area (Å²) in [6, 6.07) is 9.32. The van der Waals surface area contributed by atoms with Crippen molar-refractivity contribution in [2.45, 2.75) is 39.8 Å². The predicted molar refractivity (Wildman–Crippen MR) is 62.4 cm³/mol. The van der Waals surface area contributed by atoms with E-state index in [4.69, 9.17) is 0 Å². The Morgan fingerprint density at radius 2 is 1.71 bits per heavy atom. The molecule has 0 aromatic heterocycles. The minimum Gasteiger partial charge on any atom is -0.300 e. The second-order valence-electron chi connectivity index (χ2n) is 4.13. The van der Waals surface area contributed by atoms with Gasteiger partial charge in [0.15, 0.2) is 0 Å². The molecule has 0 spiro atoms. The maximum atomic E-state index is 2.37. The van der Waals surface area contributed by atoms with Crippen molar-refractivity contribution < 1.29 is 0 Å². The molecule has 0 N–H and O–H groups in total. The molecule has 1 heteroatoms. The van der Waals surface area contributed by atoms with E-state index in [1.54, 1.807) is 0 Å². The van der Waals surface area contributed by atoms with Crippen molar-refractivity contribution in [3.05, 3.63) is 35.4 Å². The summed E-state index contributed by atoms with van der Waals surface area (Å²) < 4.78 is 0. The molecule has 78 valence electrons. The van der Waals surface area contributed by atoms with Crippen LogP contribution in [0.2, 0.25) is 0 Å². The standard InChI is InChI=1S/C13H21N/c1-5-12-8-6-7-9-13(12)10-14(4)11(2)3/h6-9,11H,5,10H2,1-4H3. The second-order valence-corrected chi connectivity index (χ2v) is 4.13. The van der Waals surface area contributed by atoms with E-state index in [0.717, 1.165) is 13.0 Å². The van der Waals surface area contributed by atoms with Gasteiger partial charge in [0.25, 0.3) is 0 Å². The van der Waals surface area contributed by atoms with E-state index in [9.17, 15) is 0 Å². The molecule has 1 aromatic rings. The summed E-state index contributed by atoms with van der Waals surface area (Å²) in [4.78, 5) is 2.37. The maximum absolute atomic E-state index is 2.37. The van der Waals surface area contributed by atoms with Crippen LogP contribution >= 0.6 is 0 Å². The fourth-order valence-corrected chi connectivity index (χ4v) is 1.51. The third kappa shape index (κ3) is 2.85. The number of hydrogen-bond acceptors (Lipinski definition) is 1. The summed E-state index contributed by atoms with van der Waals surface area (Å²) in [6.45, 7) is 7.74. The summed E-state index contributed by atoms with van der Waals surface area (Å²) in [7, 11) is 2.18. The zero-order valence-electron chi connectivity index (χ0n) is 9.75. The molecule has 1 rings (SSSR count). The number of hydrogen-bond donors (Lipinski definition) is 0. The molecule has 0 atom stereocenters. The van der Waals surface area contributed by atoms with Crippen molar-refractivity contribution in [1.29, 1.82) is 0 Å². The van der Waals surface area contributed by atoms with Crippen LogP contribution in [0, 0.1) is 0 Å².